The Balaban J connectivity index is 2.66. The Morgan fingerprint density at radius 1 is 1.62 bits per heavy atom. The van der Waals surface area contributed by atoms with E-state index in [9.17, 15) is 4.79 Å². The molecule has 0 unspecified atom stereocenters. The average molecular weight is 328 g/mol. The Labute approximate surface area is 97.5 Å². The lowest BCUT2D eigenvalue weighted by molar-refractivity contribution is 0.0787. The van der Waals surface area contributed by atoms with Gasteiger partial charge in [-0.2, -0.15) is 0 Å². The van der Waals surface area contributed by atoms with Crippen molar-refractivity contribution < 1.29 is 9.53 Å². The monoisotopic (exact) mass is 326 g/mol. The van der Waals surface area contributed by atoms with Crippen LogP contribution < -0.4 is 0 Å². The Morgan fingerprint density at radius 2 is 2.31 bits per heavy atom. The summed E-state index contributed by atoms with van der Waals surface area (Å²) in [5.74, 6) is 0.0262. The molecule has 72 valence electrons. The van der Waals surface area contributed by atoms with Crippen LogP contribution >= 0.6 is 43.2 Å². The number of carbonyl (C=O) groups excluding carboxylic acids is 1. The third-order valence-electron chi connectivity index (χ3n) is 1.36. The summed E-state index contributed by atoms with van der Waals surface area (Å²) in [6, 6.07) is 1.80. The molecule has 0 N–H and O–H groups in total. The molecular formula is C8H8Br2O2S. The summed E-state index contributed by atoms with van der Waals surface area (Å²) in [5.41, 5.74) is 0. The normalized spacial score (nSPS) is 10.4. The highest BCUT2D eigenvalue weighted by atomic mass is 79.9. The van der Waals surface area contributed by atoms with Crippen molar-refractivity contribution in [2.24, 2.45) is 0 Å². The van der Waals surface area contributed by atoms with Crippen LogP contribution in [-0.4, -0.2) is 19.0 Å². The fourth-order valence-corrected chi connectivity index (χ4v) is 2.71. The summed E-state index contributed by atoms with van der Waals surface area (Å²) >= 11 is 8.07. The molecule has 0 aliphatic carbocycles. The van der Waals surface area contributed by atoms with Gasteiger partial charge in [0.2, 0.25) is 0 Å². The number of ketones is 1. The summed E-state index contributed by atoms with van der Waals surface area (Å²) in [4.78, 5) is 12.1. The standard InChI is InChI=1S/C8H8Br2O2S/c1-2-12-4-6(11)7-3-5(9)8(10)13-7/h3H,2,4H2,1H3. The number of halogens is 2. The SMILES string of the molecule is CCOCC(=O)c1cc(Br)c(Br)s1. The van der Waals surface area contributed by atoms with Gasteiger partial charge in [0.1, 0.15) is 6.61 Å². The van der Waals surface area contributed by atoms with Crippen molar-refractivity contribution in [1.29, 1.82) is 0 Å². The second-order valence-corrected chi connectivity index (χ2v) is 5.52. The third-order valence-corrected chi connectivity index (χ3v) is 4.65. The van der Waals surface area contributed by atoms with Gasteiger partial charge in [-0.3, -0.25) is 4.79 Å². The van der Waals surface area contributed by atoms with Crippen molar-refractivity contribution in [3.8, 4) is 0 Å². The summed E-state index contributed by atoms with van der Waals surface area (Å²) in [6.07, 6.45) is 0. The highest BCUT2D eigenvalue weighted by Crippen LogP contribution is 2.32. The summed E-state index contributed by atoms with van der Waals surface area (Å²) in [7, 11) is 0. The second kappa shape index (κ2) is 5.24. The average Bonchev–Trinajstić information content (AvgIpc) is 2.43. The minimum Gasteiger partial charge on any atom is -0.374 e. The zero-order valence-corrected chi connectivity index (χ0v) is 11.0. The molecular weight excluding hydrogens is 320 g/mol. The van der Waals surface area contributed by atoms with Crippen molar-refractivity contribution in [3.05, 3.63) is 19.2 Å². The van der Waals surface area contributed by atoms with Gasteiger partial charge in [0, 0.05) is 11.1 Å². The highest BCUT2D eigenvalue weighted by molar-refractivity contribution is 9.13. The minimum atomic E-state index is 0.0262. The first kappa shape index (κ1) is 11.4. The van der Waals surface area contributed by atoms with Crippen LogP contribution in [0.1, 0.15) is 16.6 Å². The number of hydrogen-bond acceptors (Lipinski definition) is 3. The largest absolute Gasteiger partial charge is 0.374 e. The molecule has 0 aromatic carbocycles. The maximum atomic E-state index is 11.4. The van der Waals surface area contributed by atoms with Gasteiger partial charge in [-0.05, 0) is 44.8 Å². The minimum absolute atomic E-state index is 0.0262. The van der Waals surface area contributed by atoms with Crippen LogP contribution in [0, 0.1) is 0 Å². The molecule has 0 bridgehead atoms. The van der Waals surface area contributed by atoms with Crippen molar-refractivity contribution >= 4 is 49.0 Å². The molecule has 0 spiro atoms. The molecule has 0 radical (unpaired) electrons. The van der Waals surface area contributed by atoms with Crippen molar-refractivity contribution in [1.82, 2.24) is 0 Å². The van der Waals surface area contributed by atoms with Crippen LogP contribution in [0.4, 0.5) is 0 Å². The van der Waals surface area contributed by atoms with Gasteiger partial charge in [-0.25, -0.2) is 0 Å². The zero-order chi connectivity index (χ0) is 9.84. The lowest BCUT2D eigenvalue weighted by Crippen LogP contribution is -2.06. The van der Waals surface area contributed by atoms with E-state index in [1.165, 1.54) is 11.3 Å². The molecule has 0 aliphatic rings. The molecule has 0 aliphatic heterocycles. The predicted octanol–water partition coefficient (Wildman–Crippen LogP) is 3.49. The first-order chi connectivity index (χ1) is 6.15. The molecule has 1 aromatic heterocycles. The van der Waals surface area contributed by atoms with Crippen molar-refractivity contribution in [3.63, 3.8) is 0 Å². The van der Waals surface area contributed by atoms with E-state index < -0.39 is 0 Å². The van der Waals surface area contributed by atoms with Crippen LogP contribution in [0.3, 0.4) is 0 Å². The molecule has 0 atom stereocenters. The first-order valence-electron chi connectivity index (χ1n) is 3.71. The smallest absolute Gasteiger partial charge is 0.198 e. The van der Waals surface area contributed by atoms with E-state index >= 15 is 0 Å². The van der Waals surface area contributed by atoms with E-state index in [0.717, 1.165) is 8.26 Å². The van der Waals surface area contributed by atoms with Gasteiger partial charge in [-0.1, -0.05) is 0 Å². The van der Waals surface area contributed by atoms with Crippen molar-refractivity contribution in [2.75, 3.05) is 13.2 Å². The quantitative estimate of drug-likeness (QED) is 0.791. The predicted molar refractivity (Wildman–Crippen MR) is 60.5 cm³/mol. The van der Waals surface area contributed by atoms with E-state index in [-0.39, 0.29) is 12.4 Å². The fraction of sp³-hybridized carbons (Fsp3) is 0.375. The molecule has 2 nitrogen and oxygen atoms in total. The molecule has 0 saturated carbocycles. The lowest BCUT2D eigenvalue weighted by atomic mass is 10.3. The van der Waals surface area contributed by atoms with Gasteiger partial charge in [0.05, 0.1) is 8.66 Å². The first-order valence-corrected chi connectivity index (χ1v) is 6.11. The van der Waals surface area contributed by atoms with E-state index in [1.54, 1.807) is 6.07 Å². The van der Waals surface area contributed by atoms with E-state index in [4.69, 9.17) is 4.74 Å². The van der Waals surface area contributed by atoms with Gasteiger partial charge in [0.25, 0.3) is 0 Å². The van der Waals surface area contributed by atoms with Crippen LogP contribution in [0.15, 0.2) is 14.3 Å². The lowest BCUT2D eigenvalue weighted by Gasteiger charge is -1.96. The fourth-order valence-electron chi connectivity index (χ4n) is 0.750. The number of rotatable bonds is 4. The Kier molecular flexibility index (Phi) is 4.58. The van der Waals surface area contributed by atoms with Crippen LogP contribution in [0.25, 0.3) is 0 Å². The molecule has 0 amide bonds. The third kappa shape index (κ3) is 3.16. The zero-order valence-electron chi connectivity index (χ0n) is 6.97. The molecule has 13 heavy (non-hydrogen) atoms. The van der Waals surface area contributed by atoms with Crippen LogP contribution in [0.5, 0.6) is 0 Å². The second-order valence-electron chi connectivity index (χ2n) is 2.29. The number of Topliss-reactive ketones (excluding diaryl/α,β-unsaturated/α-hetero) is 1. The Hall–Kier alpha value is 0.290. The topological polar surface area (TPSA) is 26.3 Å². The van der Waals surface area contributed by atoms with Gasteiger partial charge in [-0.15, -0.1) is 11.3 Å². The molecule has 0 saturated heterocycles. The Morgan fingerprint density at radius 3 is 2.77 bits per heavy atom. The maximum Gasteiger partial charge on any atom is 0.198 e. The van der Waals surface area contributed by atoms with E-state index in [2.05, 4.69) is 31.9 Å². The van der Waals surface area contributed by atoms with Crippen molar-refractivity contribution in [2.45, 2.75) is 6.92 Å². The van der Waals surface area contributed by atoms with E-state index in [0.29, 0.717) is 11.5 Å². The summed E-state index contributed by atoms with van der Waals surface area (Å²) in [6.45, 7) is 2.60. The van der Waals surface area contributed by atoms with Gasteiger partial charge in [0.15, 0.2) is 5.78 Å². The molecule has 1 aromatic rings. The number of ether oxygens (including phenoxy) is 1. The Bertz CT molecular complexity index is 290. The molecule has 1 heterocycles. The van der Waals surface area contributed by atoms with Gasteiger partial charge >= 0.3 is 0 Å². The number of hydrogen-bond donors (Lipinski definition) is 0. The molecule has 1 rings (SSSR count). The van der Waals surface area contributed by atoms with E-state index in [1.807, 2.05) is 6.92 Å². The number of carbonyl (C=O) groups is 1. The maximum absolute atomic E-state index is 11.4. The summed E-state index contributed by atoms with van der Waals surface area (Å²) < 4.78 is 6.88. The molecule has 5 heteroatoms. The van der Waals surface area contributed by atoms with Crippen LogP contribution in [0.2, 0.25) is 0 Å². The summed E-state index contributed by atoms with van der Waals surface area (Å²) in [5, 5.41) is 0. The highest BCUT2D eigenvalue weighted by Gasteiger charge is 2.11. The molecule has 0 fully saturated rings. The van der Waals surface area contributed by atoms with Crippen LogP contribution in [-0.2, 0) is 4.74 Å². The number of thiophene rings is 1. The van der Waals surface area contributed by atoms with Gasteiger partial charge < -0.3 is 4.74 Å².